The molecule has 0 N–H and O–H groups in total. The van der Waals surface area contributed by atoms with Crippen LogP contribution in [0.2, 0.25) is 5.02 Å². The first-order valence-electron chi connectivity index (χ1n) is 9.78. The molecule has 5 nitrogen and oxygen atoms in total. The Bertz CT molecular complexity index is 1200. The molecule has 3 amide bonds. The van der Waals surface area contributed by atoms with E-state index in [4.69, 9.17) is 11.6 Å². The molecule has 1 atom stereocenters. The van der Waals surface area contributed by atoms with Crippen molar-refractivity contribution in [3.63, 3.8) is 0 Å². The summed E-state index contributed by atoms with van der Waals surface area (Å²) in [5, 5.41) is 0.292. The van der Waals surface area contributed by atoms with E-state index in [1.54, 1.807) is 48.6 Å². The maximum absolute atomic E-state index is 13.2. The maximum Gasteiger partial charge on any atom is 0.331 e. The van der Waals surface area contributed by atoms with Gasteiger partial charge in [-0.15, -0.1) is 0 Å². The van der Waals surface area contributed by atoms with E-state index >= 15 is 0 Å². The minimum Gasteiger partial charge on any atom is -0.317 e. The molecule has 2 heterocycles. The summed E-state index contributed by atoms with van der Waals surface area (Å²) in [4.78, 5) is 33.1. The van der Waals surface area contributed by atoms with Crippen LogP contribution < -0.4 is 4.90 Å². The highest BCUT2D eigenvalue weighted by atomic mass is 35.5. The van der Waals surface area contributed by atoms with Gasteiger partial charge in [0.1, 0.15) is 0 Å². The summed E-state index contributed by atoms with van der Waals surface area (Å²) in [5.41, 5.74) is 1.95. The van der Waals surface area contributed by atoms with Gasteiger partial charge in [-0.2, -0.15) is 0 Å². The number of urea groups is 1. The number of nitrogens with zero attached hydrogens (tertiary/aromatic N) is 3. The van der Waals surface area contributed by atoms with Crippen LogP contribution in [0.1, 0.15) is 30.0 Å². The van der Waals surface area contributed by atoms with Crippen LogP contribution in [0.15, 0.2) is 73.1 Å². The quantitative estimate of drug-likeness (QED) is 0.548. The minimum atomic E-state index is -0.785. The van der Waals surface area contributed by atoms with Gasteiger partial charge in [0.05, 0.1) is 22.7 Å². The Morgan fingerprint density at radius 3 is 2.42 bits per heavy atom. The van der Waals surface area contributed by atoms with Crippen molar-refractivity contribution >= 4 is 29.2 Å². The molecule has 1 aliphatic heterocycles. The third-order valence-electron chi connectivity index (χ3n) is 5.56. The van der Waals surface area contributed by atoms with Crippen molar-refractivity contribution in [3.05, 3.63) is 94.8 Å². The molecular formula is C25H20ClN3O2. The molecule has 1 fully saturated rings. The third-order valence-corrected chi connectivity index (χ3v) is 5.86. The number of aromatic nitrogens is 1. The number of hydrogen-bond acceptors (Lipinski definition) is 3. The highest BCUT2D eigenvalue weighted by molar-refractivity contribution is 6.35. The maximum atomic E-state index is 13.2. The smallest absolute Gasteiger partial charge is 0.317 e. The molecule has 0 spiro atoms. The predicted octanol–water partition coefficient (Wildman–Crippen LogP) is 4.84. The molecule has 0 bridgehead atoms. The summed E-state index contributed by atoms with van der Waals surface area (Å²) in [6.07, 6.45) is 3.46. The van der Waals surface area contributed by atoms with Gasteiger partial charge >= 0.3 is 6.03 Å². The van der Waals surface area contributed by atoms with E-state index in [0.717, 1.165) is 16.0 Å². The Labute approximate surface area is 186 Å². The lowest BCUT2D eigenvalue weighted by atomic mass is 9.86. The summed E-state index contributed by atoms with van der Waals surface area (Å²) >= 11 is 6.47. The van der Waals surface area contributed by atoms with Gasteiger partial charge in [-0.25, -0.2) is 9.69 Å². The molecule has 0 aliphatic carbocycles. The molecule has 0 saturated carbocycles. The second-order valence-corrected chi connectivity index (χ2v) is 7.95. The van der Waals surface area contributed by atoms with Crippen molar-refractivity contribution in [2.75, 3.05) is 11.9 Å². The van der Waals surface area contributed by atoms with Crippen LogP contribution in [-0.4, -0.2) is 28.9 Å². The number of carbonyl (C=O) groups excluding carboxylic acids is 2. The lowest BCUT2D eigenvalue weighted by Crippen LogP contribution is -2.60. The summed E-state index contributed by atoms with van der Waals surface area (Å²) in [7, 11) is 1.68. The van der Waals surface area contributed by atoms with Gasteiger partial charge in [-0.05, 0) is 48.9 Å². The van der Waals surface area contributed by atoms with Gasteiger partial charge in [0.15, 0.2) is 0 Å². The Morgan fingerprint density at radius 2 is 1.74 bits per heavy atom. The first-order valence-corrected chi connectivity index (χ1v) is 10.2. The lowest BCUT2D eigenvalue weighted by Gasteiger charge is -2.45. The molecule has 0 radical (unpaired) electrons. The number of halogens is 1. The zero-order valence-electron chi connectivity index (χ0n) is 17.2. The van der Waals surface area contributed by atoms with Crippen LogP contribution in [0, 0.1) is 11.8 Å². The molecule has 4 rings (SSSR count). The molecule has 1 saturated heterocycles. The lowest BCUT2D eigenvalue weighted by molar-refractivity contribution is -0.122. The number of imide groups is 1. The van der Waals surface area contributed by atoms with E-state index in [9.17, 15) is 9.59 Å². The van der Waals surface area contributed by atoms with Crippen LogP contribution in [0.4, 0.5) is 10.5 Å². The van der Waals surface area contributed by atoms with Crippen molar-refractivity contribution in [2.45, 2.75) is 18.9 Å². The second-order valence-electron chi connectivity index (χ2n) is 7.55. The first-order chi connectivity index (χ1) is 14.9. The molecule has 6 heteroatoms. The van der Waals surface area contributed by atoms with Gasteiger partial charge in [0.2, 0.25) is 5.91 Å². The molecule has 0 unspecified atom stereocenters. The van der Waals surface area contributed by atoms with E-state index in [1.165, 1.54) is 0 Å². The van der Waals surface area contributed by atoms with Gasteiger partial charge in [-0.1, -0.05) is 47.7 Å². The number of amides is 3. The fraction of sp³-hybridized carbons (Fsp3) is 0.160. The van der Waals surface area contributed by atoms with Crippen molar-refractivity contribution in [1.29, 1.82) is 0 Å². The normalized spacial score (nSPS) is 18.5. The molecule has 1 aliphatic rings. The number of hydrogen-bond donors (Lipinski definition) is 0. The van der Waals surface area contributed by atoms with E-state index in [1.807, 2.05) is 43.3 Å². The van der Waals surface area contributed by atoms with Crippen LogP contribution in [0.25, 0.3) is 0 Å². The minimum absolute atomic E-state index is 0.118. The van der Waals surface area contributed by atoms with Gasteiger partial charge < -0.3 is 4.90 Å². The third kappa shape index (κ3) is 3.90. The molecular weight excluding hydrogens is 410 g/mol. The number of carbonyl (C=O) groups is 2. The molecule has 154 valence electrons. The number of pyridine rings is 1. The van der Waals surface area contributed by atoms with Crippen LogP contribution in [0.5, 0.6) is 0 Å². The number of benzene rings is 2. The Balaban J connectivity index is 1.62. The molecule has 1 aromatic heterocycles. The van der Waals surface area contributed by atoms with Crippen LogP contribution in [-0.2, 0) is 10.3 Å². The van der Waals surface area contributed by atoms with Gasteiger partial charge in [0.25, 0.3) is 0 Å². The van der Waals surface area contributed by atoms with Crippen molar-refractivity contribution in [3.8, 4) is 11.8 Å². The monoisotopic (exact) mass is 429 g/mol. The Kier molecular flexibility index (Phi) is 5.50. The topological polar surface area (TPSA) is 53.5 Å². The fourth-order valence-corrected chi connectivity index (χ4v) is 3.87. The van der Waals surface area contributed by atoms with E-state index in [0.29, 0.717) is 16.3 Å². The number of anilines is 1. The SMILES string of the molecule is CN1C(=O)N(c2ccc(C#Cc3ccccc3)cc2Cl)C(=O)C[C@@]1(C)c1cccnc1. The van der Waals surface area contributed by atoms with Crippen molar-refractivity contribution in [2.24, 2.45) is 0 Å². The zero-order chi connectivity index (χ0) is 22.0. The average molecular weight is 430 g/mol. The van der Waals surface area contributed by atoms with E-state index < -0.39 is 11.6 Å². The first kappa shape index (κ1) is 20.6. The van der Waals surface area contributed by atoms with E-state index in [-0.39, 0.29) is 12.3 Å². The van der Waals surface area contributed by atoms with Crippen LogP contribution in [0.3, 0.4) is 0 Å². The highest BCUT2D eigenvalue weighted by Crippen LogP contribution is 2.39. The Hall–Kier alpha value is -3.62. The summed E-state index contributed by atoms with van der Waals surface area (Å²) in [6.45, 7) is 1.86. The summed E-state index contributed by atoms with van der Waals surface area (Å²) < 4.78 is 0. The van der Waals surface area contributed by atoms with Gasteiger partial charge in [0, 0.05) is 30.6 Å². The van der Waals surface area contributed by atoms with Crippen molar-refractivity contribution in [1.82, 2.24) is 9.88 Å². The summed E-state index contributed by atoms with van der Waals surface area (Å²) in [5.74, 6) is 5.81. The Morgan fingerprint density at radius 1 is 1.00 bits per heavy atom. The molecule has 3 aromatic rings. The van der Waals surface area contributed by atoms with Gasteiger partial charge in [-0.3, -0.25) is 9.78 Å². The van der Waals surface area contributed by atoms with Crippen molar-refractivity contribution < 1.29 is 9.59 Å². The fourth-order valence-electron chi connectivity index (χ4n) is 3.61. The summed E-state index contributed by atoms with van der Waals surface area (Å²) in [6, 6.07) is 17.9. The highest BCUT2D eigenvalue weighted by Gasteiger charge is 2.46. The average Bonchev–Trinajstić information content (AvgIpc) is 2.79. The molecule has 2 aromatic carbocycles. The standard InChI is InChI=1S/C25H20ClN3O2/c1-25(20-9-6-14-27-17-20)16-23(30)29(24(31)28(25)2)22-13-12-19(15-21(22)26)11-10-18-7-4-3-5-8-18/h3-9,12-15,17H,16H2,1-2H3/t25-/m0/s1. The largest absolute Gasteiger partial charge is 0.331 e. The predicted molar refractivity (Wildman–Crippen MR) is 121 cm³/mol. The van der Waals surface area contributed by atoms with Crippen LogP contribution >= 0.6 is 11.6 Å². The van der Waals surface area contributed by atoms with E-state index in [2.05, 4.69) is 16.8 Å². The molecule has 31 heavy (non-hydrogen) atoms. The zero-order valence-corrected chi connectivity index (χ0v) is 17.9. The number of rotatable bonds is 2. The second kappa shape index (κ2) is 8.25.